The molecule has 0 saturated carbocycles. The van der Waals surface area contributed by atoms with Crippen LogP contribution in [0.15, 0.2) is 65.8 Å². The van der Waals surface area contributed by atoms with Crippen molar-refractivity contribution in [2.45, 2.75) is 11.6 Å². The summed E-state index contributed by atoms with van der Waals surface area (Å²) in [4.78, 5) is 0. The van der Waals surface area contributed by atoms with Crippen molar-refractivity contribution in [1.82, 2.24) is 14.8 Å². The standard InChI is InChI=1S/C17H14N4S/c18-11-12-22-17-20-19-16(13-14-7-3-1-4-8-14)21(17)15-9-5-2-6-10-15/h1-10H,12-13H2. The molecule has 0 aliphatic heterocycles. The van der Waals surface area contributed by atoms with Crippen molar-refractivity contribution in [2.75, 3.05) is 5.75 Å². The third kappa shape index (κ3) is 3.18. The van der Waals surface area contributed by atoms with Gasteiger partial charge in [0.1, 0.15) is 5.82 Å². The van der Waals surface area contributed by atoms with E-state index in [4.69, 9.17) is 5.26 Å². The van der Waals surface area contributed by atoms with Gasteiger partial charge in [0.25, 0.3) is 0 Å². The van der Waals surface area contributed by atoms with Gasteiger partial charge >= 0.3 is 0 Å². The lowest BCUT2D eigenvalue weighted by atomic mass is 10.1. The molecule has 1 aromatic heterocycles. The molecule has 4 nitrogen and oxygen atoms in total. The van der Waals surface area contributed by atoms with Crippen molar-refractivity contribution < 1.29 is 0 Å². The molecular weight excluding hydrogens is 292 g/mol. The third-order valence-corrected chi connectivity index (χ3v) is 3.98. The normalized spacial score (nSPS) is 10.3. The van der Waals surface area contributed by atoms with Crippen LogP contribution in [0.4, 0.5) is 0 Å². The molecule has 0 bridgehead atoms. The lowest BCUT2D eigenvalue weighted by Crippen LogP contribution is -2.03. The summed E-state index contributed by atoms with van der Waals surface area (Å²) in [5.74, 6) is 1.23. The molecule has 108 valence electrons. The lowest BCUT2D eigenvalue weighted by molar-refractivity contribution is 0.849. The molecule has 3 rings (SSSR count). The van der Waals surface area contributed by atoms with Crippen LogP contribution in [-0.2, 0) is 6.42 Å². The number of nitrogens with zero attached hydrogens (tertiary/aromatic N) is 4. The highest BCUT2D eigenvalue weighted by molar-refractivity contribution is 7.99. The first kappa shape index (κ1) is 14.4. The second-order valence-corrected chi connectivity index (χ2v) is 5.62. The van der Waals surface area contributed by atoms with Crippen LogP contribution in [0, 0.1) is 11.3 Å². The van der Waals surface area contributed by atoms with E-state index in [2.05, 4.69) is 28.4 Å². The quantitative estimate of drug-likeness (QED) is 0.677. The average Bonchev–Trinajstić information content (AvgIpc) is 2.97. The highest BCUT2D eigenvalue weighted by Gasteiger charge is 2.14. The fourth-order valence-corrected chi connectivity index (χ4v) is 2.85. The van der Waals surface area contributed by atoms with Crippen LogP contribution < -0.4 is 0 Å². The summed E-state index contributed by atoms with van der Waals surface area (Å²) in [6, 6.07) is 22.3. The number of nitriles is 1. The van der Waals surface area contributed by atoms with Gasteiger partial charge in [-0.15, -0.1) is 10.2 Å². The Morgan fingerprint density at radius 3 is 2.32 bits per heavy atom. The molecule has 2 aromatic carbocycles. The number of benzene rings is 2. The Balaban J connectivity index is 1.99. The van der Waals surface area contributed by atoms with Crippen LogP contribution in [-0.4, -0.2) is 20.5 Å². The van der Waals surface area contributed by atoms with E-state index in [-0.39, 0.29) is 0 Å². The topological polar surface area (TPSA) is 54.5 Å². The van der Waals surface area contributed by atoms with Crippen molar-refractivity contribution in [3.8, 4) is 11.8 Å². The van der Waals surface area contributed by atoms with E-state index in [1.165, 1.54) is 17.3 Å². The van der Waals surface area contributed by atoms with Crippen LogP contribution >= 0.6 is 11.8 Å². The molecule has 0 fully saturated rings. The summed E-state index contributed by atoms with van der Waals surface area (Å²) in [5.41, 5.74) is 2.20. The number of thioether (sulfide) groups is 1. The summed E-state index contributed by atoms with van der Waals surface area (Å²) in [6.07, 6.45) is 0.704. The Morgan fingerprint density at radius 1 is 0.955 bits per heavy atom. The number of aromatic nitrogens is 3. The van der Waals surface area contributed by atoms with Gasteiger partial charge in [0.15, 0.2) is 5.16 Å². The molecule has 5 heteroatoms. The zero-order valence-corrected chi connectivity index (χ0v) is 12.7. The van der Waals surface area contributed by atoms with E-state index in [1.54, 1.807) is 0 Å². The van der Waals surface area contributed by atoms with Crippen LogP contribution in [0.1, 0.15) is 11.4 Å². The van der Waals surface area contributed by atoms with Crippen LogP contribution in [0.3, 0.4) is 0 Å². The summed E-state index contributed by atoms with van der Waals surface area (Å²) in [7, 11) is 0. The maximum atomic E-state index is 8.80. The number of hydrogen-bond acceptors (Lipinski definition) is 4. The molecule has 0 saturated heterocycles. The van der Waals surface area contributed by atoms with Gasteiger partial charge in [0.2, 0.25) is 0 Å². The summed E-state index contributed by atoms with van der Waals surface area (Å²) >= 11 is 1.40. The molecule has 1 heterocycles. The number of para-hydroxylation sites is 1. The molecule has 0 radical (unpaired) electrons. The minimum absolute atomic E-state index is 0.357. The second kappa shape index (κ2) is 6.92. The van der Waals surface area contributed by atoms with Gasteiger partial charge < -0.3 is 0 Å². The molecule has 0 aliphatic carbocycles. The Hall–Kier alpha value is -2.58. The van der Waals surface area contributed by atoms with E-state index in [1.807, 2.05) is 53.1 Å². The molecule has 3 aromatic rings. The zero-order valence-electron chi connectivity index (χ0n) is 11.9. The highest BCUT2D eigenvalue weighted by Crippen LogP contribution is 2.23. The van der Waals surface area contributed by atoms with Gasteiger partial charge in [-0.3, -0.25) is 4.57 Å². The molecule has 0 N–H and O–H groups in total. The Labute approximate surface area is 133 Å². The van der Waals surface area contributed by atoms with Crippen molar-refractivity contribution >= 4 is 11.8 Å². The van der Waals surface area contributed by atoms with E-state index >= 15 is 0 Å². The Kier molecular flexibility index (Phi) is 4.52. The summed E-state index contributed by atoms with van der Waals surface area (Å²) < 4.78 is 2.02. The molecule has 0 atom stereocenters. The van der Waals surface area contributed by atoms with Crippen LogP contribution in [0.2, 0.25) is 0 Å². The highest BCUT2D eigenvalue weighted by atomic mass is 32.2. The fourth-order valence-electron chi connectivity index (χ4n) is 2.22. The molecule has 0 unspecified atom stereocenters. The molecular formula is C17H14N4S. The predicted molar refractivity (Wildman–Crippen MR) is 86.9 cm³/mol. The molecule has 0 amide bonds. The van der Waals surface area contributed by atoms with Gasteiger partial charge in [-0.1, -0.05) is 60.3 Å². The summed E-state index contributed by atoms with van der Waals surface area (Å²) in [5, 5.41) is 18.1. The van der Waals surface area contributed by atoms with Crippen molar-refractivity contribution in [1.29, 1.82) is 5.26 Å². The molecule has 22 heavy (non-hydrogen) atoms. The Bertz CT molecular complexity index is 775. The van der Waals surface area contributed by atoms with Gasteiger partial charge in [-0.2, -0.15) is 5.26 Å². The lowest BCUT2D eigenvalue weighted by Gasteiger charge is -2.09. The van der Waals surface area contributed by atoms with E-state index in [0.29, 0.717) is 12.2 Å². The summed E-state index contributed by atoms with van der Waals surface area (Å²) in [6.45, 7) is 0. The van der Waals surface area contributed by atoms with Gasteiger partial charge in [0, 0.05) is 12.1 Å². The fraction of sp³-hybridized carbons (Fsp3) is 0.118. The first-order valence-electron chi connectivity index (χ1n) is 6.92. The van der Waals surface area contributed by atoms with E-state index in [9.17, 15) is 0 Å². The van der Waals surface area contributed by atoms with Crippen LogP contribution in [0.25, 0.3) is 5.69 Å². The van der Waals surface area contributed by atoms with Crippen molar-refractivity contribution in [3.63, 3.8) is 0 Å². The first-order chi connectivity index (χ1) is 10.9. The van der Waals surface area contributed by atoms with Gasteiger partial charge in [-0.05, 0) is 17.7 Å². The number of rotatable bonds is 5. The third-order valence-electron chi connectivity index (χ3n) is 3.19. The van der Waals surface area contributed by atoms with Gasteiger partial charge in [0.05, 0.1) is 11.8 Å². The van der Waals surface area contributed by atoms with E-state index in [0.717, 1.165) is 16.7 Å². The average molecular weight is 306 g/mol. The SMILES string of the molecule is N#CCSc1nnc(Cc2ccccc2)n1-c1ccccc1. The van der Waals surface area contributed by atoms with Crippen molar-refractivity contribution in [3.05, 3.63) is 72.1 Å². The molecule has 0 aliphatic rings. The van der Waals surface area contributed by atoms with Gasteiger partial charge in [-0.25, -0.2) is 0 Å². The van der Waals surface area contributed by atoms with Crippen LogP contribution in [0.5, 0.6) is 0 Å². The first-order valence-corrected chi connectivity index (χ1v) is 7.90. The number of hydrogen-bond donors (Lipinski definition) is 0. The van der Waals surface area contributed by atoms with E-state index < -0.39 is 0 Å². The second-order valence-electron chi connectivity index (χ2n) is 4.68. The molecule has 0 spiro atoms. The largest absolute Gasteiger partial charge is 0.274 e. The maximum Gasteiger partial charge on any atom is 0.196 e. The Morgan fingerprint density at radius 2 is 1.64 bits per heavy atom. The smallest absolute Gasteiger partial charge is 0.196 e. The minimum Gasteiger partial charge on any atom is -0.274 e. The minimum atomic E-state index is 0.357. The van der Waals surface area contributed by atoms with Crippen molar-refractivity contribution in [2.24, 2.45) is 0 Å². The monoisotopic (exact) mass is 306 g/mol. The maximum absolute atomic E-state index is 8.80. The predicted octanol–water partition coefficient (Wildman–Crippen LogP) is 3.47. The zero-order chi connectivity index (χ0) is 15.2.